The summed E-state index contributed by atoms with van der Waals surface area (Å²) in [4.78, 5) is 15.1. The molecule has 1 amide bonds. The predicted molar refractivity (Wildman–Crippen MR) is 115 cm³/mol. The van der Waals surface area contributed by atoms with Crippen LogP contribution in [-0.4, -0.2) is 48.4 Å². The number of fused-ring (bicyclic) bond motifs is 3. The van der Waals surface area contributed by atoms with Crippen molar-refractivity contribution in [1.29, 1.82) is 0 Å². The highest BCUT2D eigenvalue weighted by Crippen LogP contribution is 2.35. The molecule has 1 N–H and O–H groups in total. The number of amides is 1. The molecule has 3 aromatic carbocycles. The Kier molecular flexibility index (Phi) is 4.93. The van der Waals surface area contributed by atoms with Crippen molar-refractivity contribution in [2.45, 2.75) is 31.5 Å². The largest absolute Gasteiger partial charge is 0.497 e. The van der Waals surface area contributed by atoms with Crippen molar-refractivity contribution >= 4 is 16.7 Å². The van der Waals surface area contributed by atoms with Gasteiger partial charge in [-0.25, -0.2) is 0 Å². The summed E-state index contributed by atoms with van der Waals surface area (Å²) in [6.07, 6.45) is 0.760. The average molecular weight is 403 g/mol. The molecular formula is C25H25NO4. The fourth-order valence-electron chi connectivity index (χ4n) is 4.66. The molecule has 1 saturated heterocycles. The van der Waals surface area contributed by atoms with Crippen molar-refractivity contribution in [3.63, 3.8) is 0 Å². The lowest BCUT2D eigenvalue weighted by molar-refractivity contribution is -0.0528. The van der Waals surface area contributed by atoms with E-state index in [0.717, 1.165) is 34.2 Å². The van der Waals surface area contributed by atoms with Gasteiger partial charge in [-0.2, -0.15) is 0 Å². The molecule has 0 aliphatic carbocycles. The lowest BCUT2D eigenvalue weighted by Crippen LogP contribution is -2.49. The van der Waals surface area contributed by atoms with Crippen LogP contribution in [0.5, 0.6) is 5.75 Å². The van der Waals surface area contributed by atoms with Gasteiger partial charge in [0, 0.05) is 18.7 Å². The van der Waals surface area contributed by atoms with Gasteiger partial charge in [0.1, 0.15) is 5.75 Å². The number of carbonyl (C=O) groups is 1. The zero-order valence-electron chi connectivity index (χ0n) is 17.0. The first-order valence-electron chi connectivity index (χ1n) is 10.4. The first kappa shape index (κ1) is 19.1. The molecule has 0 radical (unpaired) electrons. The van der Waals surface area contributed by atoms with Crippen molar-refractivity contribution in [2.24, 2.45) is 0 Å². The molecule has 2 aliphatic rings. The molecular weight excluding hydrogens is 378 g/mol. The summed E-state index contributed by atoms with van der Waals surface area (Å²) in [6.45, 7) is 1.45. The Hall–Kier alpha value is -2.89. The number of rotatable bonds is 4. The molecule has 2 unspecified atom stereocenters. The van der Waals surface area contributed by atoms with Crippen LogP contribution in [0.3, 0.4) is 0 Å². The lowest BCUT2D eigenvalue weighted by atomic mass is 9.92. The molecule has 2 heterocycles. The second-order valence-electron chi connectivity index (χ2n) is 8.06. The maximum Gasteiger partial charge on any atom is 0.254 e. The van der Waals surface area contributed by atoms with E-state index in [9.17, 15) is 9.90 Å². The minimum absolute atomic E-state index is 0.0127. The molecule has 5 heteroatoms. The van der Waals surface area contributed by atoms with Crippen LogP contribution < -0.4 is 4.74 Å². The number of ether oxygens (including phenoxy) is 2. The Morgan fingerprint density at radius 1 is 1.13 bits per heavy atom. The van der Waals surface area contributed by atoms with Crippen molar-refractivity contribution < 1.29 is 19.4 Å². The van der Waals surface area contributed by atoms with Gasteiger partial charge in [-0.15, -0.1) is 0 Å². The minimum atomic E-state index is -0.540. The lowest BCUT2D eigenvalue weighted by Gasteiger charge is -2.34. The van der Waals surface area contributed by atoms with E-state index in [0.29, 0.717) is 26.2 Å². The first-order valence-corrected chi connectivity index (χ1v) is 10.4. The highest BCUT2D eigenvalue weighted by molar-refractivity contribution is 6.05. The van der Waals surface area contributed by atoms with Crippen LogP contribution >= 0.6 is 0 Å². The van der Waals surface area contributed by atoms with E-state index in [2.05, 4.69) is 24.3 Å². The highest BCUT2D eigenvalue weighted by Gasteiger charge is 2.38. The maximum atomic E-state index is 13.3. The quantitative estimate of drug-likeness (QED) is 0.724. The molecule has 0 bridgehead atoms. The van der Waals surface area contributed by atoms with E-state index in [-0.39, 0.29) is 11.9 Å². The summed E-state index contributed by atoms with van der Waals surface area (Å²) < 4.78 is 10.8. The Morgan fingerprint density at radius 2 is 1.90 bits per heavy atom. The smallest absolute Gasteiger partial charge is 0.254 e. The van der Waals surface area contributed by atoms with Crippen molar-refractivity contribution in [3.05, 3.63) is 76.9 Å². The predicted octanol–water partition coefficient (Wildman–Crippen LogP) is 3.54. The number of aliphatic hydroxyl groups excluding tert-OH is 1. The molecule has 0 aromatic heterocycles. The van der Waals surface area contributed by atoms with Gasteiger partial charge < -0.3 is 19.5 Å². The third kappa shape index (κ3) is 3.24. The van der Waals surface area contributed by atoms with Crippen LogP contribution in [0.15, 0.2) is 54.6 Å². The van der Waals surface area contributed by atoms with Crippen molar-refractivity contribution in [2.75, 3.05) is 20.3 Å². The molecule has 2 atom stereocenters. The molecule has 1 fully saturated rings. The summed E-state index contributed by atoms with van der Waals surface area (Å²) in [6, 6.07) is 18.1. The Bertz CT molecular complexity index is 1090. The second kappa shape index (κ2) is 7.74. The second-order valence-corrected chi connectivity index (χ2v) is 8.06. The molecule has 154 valence electrons. The minimum Gasteiger partial charge on any atom is -0.497 e. The zero-order valence-corrected chi connectivity index (χ0v) is 17.0. The van der Waals surface area contributed by atoms with Crippen LogP contribution in [0.2, 0.25) is 0 Å². The first-order chi connectivity index (χ1) is 14.7. The number of aliphatic hydroxyl groups is 1. The number of hydrogen-bond acceptors (Lipinski definition) is 4. The fraction of sp³-hybridized carbons (Fsp3) is 0.320. The fourth-order valence-corrected chi connectivity index (χ4v) is 4.66. The van der Waals surface area contributed by atoms with Crippen LogP contribution in [-0.2, 0) is 17.7 Å². The van der Waals surface area contributed by atoms with Gasteiger partial charge in [0.05, 0.1) is 25.9 Å². The number of carbonyl (C=O) groups excluding carboxylic acids is 1. The van der Waals surface area contributed by atoms with E-state index in [1.807, 2.05) is 30.3 Å². The zero-order chi connectivity index (χ0) is 20.7. The van der Waals surface area contributed by atoms with E-state index < -0.39 is 6.10 Å². The van der Waals surface area contributed by atoms with Crippen LogP contribution in [0.25, 0.3) is 10.8 Å². The van der Waals surface area contributed by atoms with E-state index >= 15 is 0 Å². The molecule has 3 aromatic rings. The molecule has 5 nitrogen and oxygen atoms in total. The van der Waals surface area contributed by atoms with E-state index in [1.54, 1.807) is 12.0 Å². The van der Waals surface area contributed by atoms with Gasteiger partial charge in [0.15, 0.2) is 0 Å². The van der Waals surface area contributed by atoms with Gasteiger partial charge in [-0.1, -0.05) is 36.4 Å². The summed E-state index contributed by atoms with van der Waals surface area (Å²) in [7, 11) is 1.66. The van der Waals surface area contributed by atoms with E-state index in [1.165, 1.54) is 10.9 Å². The molecule has 5 rings (SSSR count). The summed E-state index contributed by atoms with van der Waals surface area (Å²) in [5.41, 5.74) is 4.09. The maximum absolute atomic E-state index is 13.3. The number of nitrogens with zero attached hydrogens (tertiary/aromatic N) is 1. The third-order valence-electron chi connectivity index (χ3n) is 6.31. The summed E-state index contributed by atoms with van der Waals surface area (Å²) in [5, 5.41) is 12.7. The average Bonchev–Trinajstić information content (AvgIpc) is 3.11. The Balaban J connectivity index is 1.54. The molecule has 2 aliphatic heterocycles. The van der Waals surface area contributed by atoms with Crippen LogP contribution in [0.1, 0.15) is 33.5 Å². The molecule has 0 spiro atoms. The summed E-state index contributed by atoms with van der Waals surface area (Å²) in [5.74, 6) is 0.818. The topological polar surface area (TPSA) is 59.0 Å². The highest BCUT2D eigenvalue weighted by atomic mass is 16.5. The van der Waals surface area contributed by atoms with Crippen LogP contribution in [0, 0.1) is 0 Å². The number of hydrogen-bond donors (Lipinski definition) is 1. The van der Waals surface area contributed by atoms with E-state index in [4.69, 9.17) is 9.47 Å². The monoisotopic (exact) mass is 403 g/mol. The van der Waals surface area contributed by atoms with Crippen molar-refractivity contribution in [3.8, 4) is 5.75 Å². The summed E-state index contributed by atoms with van der Waals surface area (Å²) >= 11 is 0. The normalized spacial score (nSPS) is 21.1. The third-order valence-corrected chi connectivity index (χ3v) is 6.31. The molecule has 0 saturated carbocycles. The Morgan fingerprint density at radius 3 is 2.63 bits per heavy atom. The van der Waals surface area contributed by atoms with Crippen LogP contribution in [0.4, 0.5) is 0 Å². The SMILES string of the molecule is COc1ccc(Cc2cc3c(c4ccccc24)CN(C2COCCC2O)C3=O)cc1. The van der Waals surface area contributed by atoms with Gasteiger partial charge in [0.2, 0.25) is 0 Å². The van der Waals surface area contributed by atoms with Gasteiger partial charge in [-0.3, -0.25) is 4.79 Å². The number of methoxy groups -OCH3 is 1. The van der Waals surface area contributed by atoms with Gasteiger partial charge in [0.25, 0.3) is 5.91 Å². The van der Waals surface area contributed by atoms with Crippen molar-refractivity contribution in [1.82, 2.24) is 4.90 Å². The molecule has 30 heavy (non-hydrogen) atoms. The van der Waals surface area contributed by atoms with Gasteiger partial charge in [-0.05, 0) is 58.5 Å². The van der Waals surface area contributed by atoms with Gasteiger partial charge >= 0.3 is 0 Å². The Labute approximate surface area is 175 Å². The standard InChI is InChI=1S/C25H25NO4/c1-29-18-8-6-16(7-9-18)12-17-13-21-22(20-5-3-2-4-19(17)20)14-26(25(21)28)23-15-30-11-10-24(23)27/h2-9,13,23-24,27H,10-12,14-15H2,1H3. The number of benzene rings is 3.